The number of unbranched alkanes of at least 4 members (excludes halogenated alkanes) is 30. The largest absolute Gasteiger partial charge is 0.490 e. The second-order valence-corrected chi connectivity index (χ2v) is 22.2. The van der Waals surface area contributed by atoms with E-state index in [2.05, 4.69) is 101 Å². The number of hydrogen-bond donors (Lipinski definition) is 0. The van der Waals surface area contributed by atoms with Crippen LogP contribution in [0.3, 0.4) is 0 Å². The zero-order valence-corrected chi connectivity index (χ0v) is 50.9. The smallest absolute Gasteiger partial charge is 0.203 e. The van der Waals surface area contributed by atoms with E-state index in [0.717, 1.165) is 105 Å². The fourth-order valence-corrected chi connectivity index (χ4v) is 10.1. The number of aromatic nitrogens is 3. The van der Waals surface area contributed by atoms with Crippen molar-refractivity contribution in [3.8, 4) is 57.3 Å². The van der Waals surface area contributed by atoms with Crippen molar-refractivity contribution in [2.75, 3.05) is 39.6 Å². The standard InChI is InChI=1S/C69H113N3O6/c1-7-13-19-25-31-40-48-73-62-54-60(55-63(74-49-41-32-26-20-14-8-2)66(62)77-52-44-35-29-23-17-11-5)68-70-71-69(72(68)58-59-46-38-37-39-47-59)61-56-64(75-50-42-33-27-21-15-9-3)67(78-53-45-36-30-24-18-12-6)65(57-61)76-51-43-34-28-22-16-10-4/h37-39,46-47,54-57H,7-36,40-45,48-53,58H2,1-6H3. The zero-order valence-electron chi connectivity index (χ0n) is 50.9. The third kappa shape index (κ3) is 27.2. The second-order valence-electron chi connectivity index (χ2n) is 22.2. The summed E-state index contributed by atoms with van der Waals surface area (Å²) < 4.78 is 43.1. The van der Waals surface area contributed by atoms with E-state index in [9.17, 15) is 0 Å². The predicted molar refractivity (Wildman–Crippen MR) is 330 cm³/mol. The van der Waals surface area contributed by atoms with Crippen LogP contribution in [-0.2, 0) is 6.54 Å². The Balaban J connectivity index is 1.85. The lowest BCUT2D eigenvalue weighted by Gasteiger charge is -2.20. The van der Waals surface area contributed by atoms with Gasteiger partial charge < -0.3 is 33.0 Å². The van der Waals surface area contributed by atoms with Crippen molar-refractivity contribution in [1.29, 1.82) is 0 Å². The summed E-state index contributed by atoms with van der Waals surface area (Å²) in [6.07, 6.45) is 42.9. The second kappa shape index (κ2) is 44.4. The molecule has 0 saturated heterocycles. The molecule has 9 heteroatoms. The van der Waals surface area contributed by atoms with Crippen molar-refractivity contribution in [2.45, 2.75) is 279 Å². The van der Waals surface area contributed by atoms with E-state index in [0.29, 0.717) is 80.7 Å². The van der Waals surface area contributed by atoms with E-state index in [-0.39, 0.29) is 0 Å². The Bertz CT molecular complexity index is 1850. The van der Waals surface area contributed by atoms with Gasteiger partial charge in [-0.3, -0.25) is 0 Å². The zero-order chi connectivity index (χ0) is 55.4. The maximum absolute atomic E-state index is 6.83. The van der Waals surface area contributed by atoms with Gasteiger partial charge in [0.25, 0.3) is 0 Å². The lowest BCUT2D eigenvalue weighted by molar-refractivity contribution is 0.234. The van der Waals surface area contributed by atoms with E-state index in [4.69, 9.17) is 38.6 Å². The van der Waals surface area contributed by atoms with Crippen LogP contribution in [0.15, 0.2) is 54.6 Å². The molecule has 0 amide bonds. The number of ether oxygens (including phenoxy) is 6. The number of nitrogens with zero attached hydrogens (tertiary/aromatic N) is 3. The molecule has 4 rings (SSSR count). The number of benzene rings is 3. The first-order chi connectivity index (χ1) is 38.6. The lowest BCUT2D eigenvalue weighted by atomic mass is 10.1. The fraction of sp³-hybridized carbons (Fsp3) is 0.710. The molecule has 0 bridgehead atoms. The Morgan fingerprint density at radius 1 is 0.295 bits per heavy atom. The van der Waals surface area contributed by atoms with Crippen molar-refractivity contribution in [3.05, 3.63) is 60.2 Å². The molecule has 0 unspecified atom stereocenters. The molecule has 440 valence electrons. The first-order valence-corrected chi connectivity index (χ1v) is 32.7. The van der Waals surface area contributed by atoms with E-state index < -0.39 is 0 Å². The summed E-state index contributed by atoms with van der Waals surface area (Å²) >= 11 is 0. The van der Waals surface area contributed by atoms with E-state index in [1.807, 2.05) is 0 Å². The minimum Gasteiger partial charge on any atom is -0.490 e. The van der Waals surface area contributed by atoms with Crippen molar-refractivity contribution in [3.63, 3.8) is 0 Å². The molecule has 1 aromatic heterocycles. The summed E-state index contributed by atoms with van der Waals surface area (Å²) in [5.41, 5.74) is 2.91. The van der Waals surface area contributed by atoms with E-state index in [1.165, 1.54) is 154 Å². The SMILES string of the molecule is CCCCCCCCOc1cc(-c2nnc(-c3cc(OCCCCCCCC)c(OCCCCCCCC)c(OCCCCCCCC)c3)n2Cc2ccccc2)cc(OCCCCCCCC)c1OCCCCCCCC. The van der Waals surface area contributed by atoms with Crippen LogP contribution in [0.2, 0.25) is 0 Å². The summed E-state index contributed by atoms with van der Waals surface area (Å²) in [5.74, 6) is 5.72. The third-order valence-electron chi connectivity index (χ3n) is 15.0. The van der Waals surface area contributed by atoms with Gasteiger partial charge in [0.15, 0.2) is 34.6 Å². The van der Waals surface area contributed by atoms with Crippen LogP contribution in [0.1, 0.15) is 278 Å². The molecule has 0 aliphatic heterocycles. The van der Waals surface area contributed by atoms with Gasteiger partial charge in [-0.15, -0.1) is 10.2 Å². The van der Waals surface area contributed by atoms with Gasteiger partial charge in [0.05, 0.1) is 46.2 Å². The molecule has 0 radical (unpaired) electrons. The van der Waals surface area contributed by atoms with Crippen LogP contribution >= 0.6 is 0 Å². The Kier molecular flexibility index (Phi) is 37.6. The van der Waals surface area contributed by atoms with E-state index in [1.54, 1.807) is 0 Å². The van der Waals surface area contributed by atoms with Crippen molar-refractivity contribution >= 4 is 0 Å². The molecule has 3 aromatic carbocycles. The Morgan fingerprint density at radius 3 is 0.808 bits per heavy atom. The minimum atomic E-state index is 0.550. The lowest BCUT2D eigenvalue weighted by Crippen LogP contribution is -2.09. The molecular weight excluding hydrogens is 967 g/mol. The monoisotopic (exact) mass is 1080 g/mol. The van der Waals surface area contributed by atoms with Crippen LogP contribution in [0, 0.1) is 0 Å². The van der Waals surface area contributed by atoms with Crippen LogP contribution in [0.5, 0.6) is 34.5 Å². The van der Waals surface area contributed by atoms with Gasteiger partial charge in [-0.05, 0) is 68.4 Å². The van der Waals surface area contributed by atoms with Crippen LogP contribution in [-0.4, -0.2) is 54.4 Å². The van der Waals surface area contributed by atoms with Gasteiger partial charge in [0.1, 0.15) is 0 Å². The van der Waals surface area contributed by atoms with Gasteiger partial charge in [0, 0.05) is 11.1 Å². The fourth-order valence-electron chi connectivity index (χ4n) is 10.1. The molecule has 0 atom stereocenters. The highest BCUT2D eigenvalue weighted by Gasteiger charge is 2.25. The van der Waals surface area contributed by atoms with Gasteiger partial charge in [-0.1, -0.05) is 264 Å². The first kappa shape index (κ1) is 66.1. The summed E-state index contributed by atoms with van der Waals surface area (Å²) in [7, 11) is 0. The summed E-state index contributed by atoms with van der Waals surface area (Å²) in [6, 6.07) is 19.2. The molecule has 1 heterocycles. The molecule has 0 N–H and O–H groups in total. The molecule has 0 aliphatic rings. The molecule has 0 spiro atoms. The average Bonchev–Trinajstić information content (AvgIpc) is 3.90. The topological polar surface area (TPSA) is 86.1 Å². The molecule has 4 aromatic rings. The van der Waals surface area contributed by atoms with Crippen LogP contribution < -0.4 is 28.4 Å². The molecule has 0 saturated carbocycles. The summed E-state index contributed by atoms with van der Waals surface area (Å²) in [4.78, 5) is 0. The Morgan fingerprint density at radius 2 is 0.538 bits per heavy atom. The highest BCUT2D eigenvalue weighted by molar-refractivity contribution is 5.72. The predicted octanol–water partition coefficient (Wildman–Crippen LogP) is 21.1. The van der Waals surface area contributed by atoms with Gasteiger partial charge in [-0.25, -0.2) is 0 Å². The van der Waals surface area contributed by atoms with Gasteiger partial charge >= 0.3 is 0 Å². The first-order valence-electron chi connectivity index (χ1n) is 32.7. The van der Waals surface area contributed by atoms with Crippen molar-refractivity contribution < 1.29 is 28.4 Å². The molecular formula is C69H113N3O6. The highest BCUT2D eigenvalue weighted by atomic mass is 16.5. The van der Waals surface area contributed by atoms with Crippen LogP contribution in [0.25, 0.3) is 22.8 Å². The molecule has 78 heavy (non-hydrogen) atoms. The maximum Gasteiger partial charge on any atom is 0.203 e. The maximum atomic E-state index is 6.83. The van der Waals surface area contributed by atoms with E-state index >= 15 is 0 Å². The quantitative estimate of drug-likeness (QED) is 0.0404. The highest BCUT2D eigenvalue weighted by Crippen LogP contribution is 2.45. The van der Waals surface area contributed by atoms with Crippen molar-refractivity contribution in [2.24, 2.45) is 0 Å². The van der Waals surface area contributed by atoms with Gasteiger partial charge in [-0.2, -0.15) is 0 Å². The average molecular weight is 1080 g/mol. The molecule has 0 aliphatic carbocycles. The normalized spacial score (nSPS) is 11.4. The number of hydrogen-bond acceptors (Lipinski definition) is 8. The van der Waals surface area contributed by atoms with Crippen molar-refractivity contribution in [1.82, 2.24) is 14.8 Å². The Labute approximate surface area is 477 Å². The minimum absolute atomic E-state index is 0.550. The Hall–Kier alpha value is -4.40. The van der Waals surface area contributed by atoms with Gasteiger partial charge in [0.2, 0.25) is 11.5 Å². The number of rotatable bonds is 52. The molecule has 9 nitrogen and oxygen atoms in total. The molecule has 0 fully saturated rings. The summed E-state index contributed by atoms with van der Waals surface area (Å²) in [6.45, 7) is 17.9. The summed E-state index contributed by atoms with van der Waals surface area (Å²) in [5, 5.41) is 10.2. The van der Waals surface area contributed by atoms with Crippen LogP contribution in [0.4, 0.5) is 0 Å². The third-order valence-corrected chi connectivity index (χ3v) is 15.0.